The molecule has 1 heterocycles. The van der Waals surface area contributed by atoms with Gasteiger partial charge in [-0.1, -0.05) is 32.9 Å². The summed E-state index contributed by atoms with van der Waals surface area (Å²) in [7, 11) is 0. The van der Waals surface area contributed by atoms with E-state index in [0.29, 0.717) is 43.6 Å². The lowest BCUT2D eigenvalue weighted by atomic mass is 9.86. The Morgan fingerprint density at radius 2 is 1.55 bits per heavy atom. The van der Waals surface area contributed by atoms with Crippen LogP contribution in [-0.2, 0) is 10.2 Å². The number of rotatable bonds is 7. The highest BCUT2D eigenvalue weighted by Crippen LogP contribution is 2.24. The third-order valence-electron chi connectivity index (χ3n) is 5.86. The first-order chi connectivity index (χ1) is 15.7. The molecule has 0 radical (unpaired) electrons. The molecule has 33 heavy (non-hydrogen) atoms. The third-order valence-corrected chi connectivity index (χ3v) is 5.86. The van der Waals surface area contributed by atoms with E-state index in [9.17, 15) is 18.8 Å². The van der Waals surface area contributed by atoms with Crippen LogP contribution in [0.1, 0.15) is 66.3 Å². The Morgan fingerprint density at radius 1 is 0.939 bits per heavy atom. The maximum atomic E-state index is 13.0. The van der Waals surface area contributed by atoms with Crippen molar-refractivity contribution in [1.82, 2.24) is 15.5 Å². The van der Waals surface area contributed by atoms with Crippen LogP contribution in [0.2, 0.25) is 0 Å². The van der Waals surface area contributed by atoms with Crippen LogP contribution in [-0.4, -0.2) is 48.3 Å². The molecule has 2 N–H and O–H groups in total. The fourth-order valence-corrected chi connectivity index (χ4v) is 3.88. The van der Waals surface area contributed by atoms with Crippen LogP contribution in [0, 0.1) is 5.82 Å². The Balaban J connectivity index is 1.46. The predicted octanol–water partition coefficient (Wildman–Crippen LogP) is 3.66. The number of nitrogens with zero attached hydrogens (tertiary/aromatic N) is 1. The Labute approximate surface area is 194 Å². The Hall–Kier alpha value is -3.22. The molecule has 0 aliphatic carbocycles. The Bertz CT molecular complexity index is 981. The summed E-state index contributed by atoms with van der Waals surface area (Å²) in [4.78, 5) is 39.4. The summed E-state index contributed by atoms with van der Waals surface area (Å²) in [5.41, 5.74) is 2.14. The lowest BCUT2D eigenvalue weighted by Gasteiger charge is -2.25. The van der Waals surface area contributed by atoms with Crippen LogP contribution in [0.3, 0.4) is 0 Å². The highest BCUT2D eigenvalue weighted by molar-refractivity contribution is 5.98. The number of carbonyl (C=O) groups is 3. The molecule has 0 saturated carbocycles. The summed E-state index contributed by atoms with van der Waals surface area (Å²) in [6.45, 7) is 7.70. The zero-order valence-electron chi connectivity index (χ0n) is 19.5. The van der Waals surface area contributed by atoms with Gasteiger partial charge >= 0.3 is 0 Å². The lowest BCUT2D eigenvalue weighted by Crippen LogP contribution is -2.46. The molecule has 1 fully saturated rings. The van der Waals surface area contributed by atoms with Gasteiger partial charge in [-0.2, -0.15) is 0 Å². The largest absolute Gasteiger partial charge is 0.354 e. The first-order valence-electron chi connectivity index (χ1n) is 11.4. The molecule has 2 aromatic rings. The molecule has 1 aliphatic rings. The maximum Gasteiger partial charge on any atom is 0.254 e. The normalized spacial score (nSPS) is 15.9. The standard InChI is InChI=1S/C26H32FN3O3/c1-26(2,3)20-11-7-19(8-12-20)25(33)30-17-4-6-22(30)24(32)29-16-5-15-28-23(31)18-9-13-21(27)14-10-18/h7-14,22H,4-6,15-17H2,1-3H3,(H,28,31)(H,29,32)/t22-/m1/s1. The molecule has 176 valence electrons. The summed E-state index contributed by atoms with van der Waals surface area (Å²) in [5, 5.41) is 5.63. The van der Waals surface area contributed by atoms with Crippen LogP contribution in [0.25, 0.3) is 0 Å². The van der Waals surface area contributed by atoms with E-state index in [0.717, 1.165) is 12.0 Å². The molecule has 0 spiro atoms. The van der Waals surface area contributed by atoms with Crippen molar-refractivity contribution in [3.63, 3.8) is 0 Å². The van der Waals surface area contributed by atoms with Gasteiger partial charge in [0.25, 0.3) is 11.8 Å². The van der Waals surface area contributed by atoms with E-state index in [-0.39, 0.29) is 23.1 Å². The number of hydrogen-bond donors (Lipinski definition) is 2. The SMILES string of the molecule is CC(C)(C)c1ccc(C(=O)N2CCC[C@@H]2C(=O)NCCCNC(=O)c2ccc(F)cc2)cc1. The average Bonchev–Trinajstić information content (AvgIpc) is 3.28. The highest BCUT2D eigenvalue weighted by atomic mass is 19.1. The lowest BCUT2D eigenvalue weighted by molar-refractivity contribution is -0.124. The van der Waals surface area contributed by atoms with Crippen molar-refractivity contribution < 1.29 is 18.8 Å². The van der Waals surface area contributed by atoms with E-state index in [1.807, 2.05) is 24.3 Å². The molecule has 2 aromatic carbocycles. The quantitative estimate of drug-likeness (QED) is 0.628. The summed E-state index contributed by atoms with van der Waals surface area (Å²) < 4.78 is 12.9. The summed E-state index contributed by atoms with van der Waals surface area (Å²) >= 11 is 0. The molecule has 3 rings (SSSR count). The van der Waals surface area contributed by atoms with Crippen LogP contribution >= 0.6 is 0 Å². The summed E-state index contributed by atoms with van der Waals surface area (Å²) in [5.74, 6) is -0.973. The third kappa shape index (κ3) is 6.40. The van der Waals surface area contributed by atoms with E-state index >= 15 is 0 Å². The minimum absolute atomic E-state index is 0.0100. The van der Waals surface area contributed by atoms with Gasteiger partial charge in [0, 0.05) is 30.8 Å². The molecule has 6 nitrogen and oxygen atoms in total. The van der Waals surface area contributed by atoms with Crippen LogP contribution in [0.15, 0.2) is 48.5 Å². The number of carbonyl (C=O) groups excluding carboxylic acids is 3. The molecule has 0 unspecified atom stereocenters. The molecule has 3 amide bonds. The van der Waals surface area contributed by atoms with Gasteiger partial charge in [-0.15, -0.1) is 0 Å². The van der Waals surface area contributed by atoms with Gasteiger partial charge < -0.3 is 15.5 Å². The second-order valence-corrected chi connectivity index (χ2v) is 9.39. The zero-order chi connectivity index (χ0) is 24.0. The van der Waals surface area contributed by atoms with Gasteiger partial charge in [-0.25, -0.2) is 4.39 Å². The summed E-state index contributed by atoms with van der Waals surface area (Å²) in [6.07, 6.45) is 1.98. The smallest absolute Gasteiger partial charge is 0.254 e. The number of hydrogen-bond acceptors (Lipinski definition) is 3. The first-order valence-corrected chi connectivity index (χ1v) is 11.4. The van der Waals surface area contributed by atoms with Crippen molar-refractivity contribution >= 4 is 17.7 Å². The molecule has 1 atom stereocenters. The minimum Gasteiger partial charge on any atom is -0.354 e. The second-order valence-electron chi connectivity index (χ2n) is 9.39. The van der Waals surface area contributed by atoms with Crippen LogP contribution in [0.5, 0.6) is 0 Å². The molecule has 1 saturated heterocycles. The predicted molar refractivity (Wildman–Crippen MR) is 126 cm³/mol. The highest BCUT2D eigenvalue weighted by Gasteiger charge is 2.34. The van der Waals surface area contributed by atoms with Crippen molar-refractivity contribution in [2.45, 2.75) is 51.5 Å². The Morgan fingerprint density at radius 3 is 2.18 bits per heavy atom. The fraction of sp³-hybridized carbons (Fsp3) is 0.423. The molecular weight excluding hydrogens is 421 g/mol. The summed E-state index contributed by atoms with van der Waals surface area (Å²) in [6, 6.07) is 12.5. The molecule has 7 heteroatoms. The maximum absolute atomic E-state index is 13.0. The van der Waals surface area contributed by atoms with Crippen LogP contribution < -0.4 is 10.6 Å². The first kappa shape index (κ1) is 24.4. The Kier molecular flexibility index (Phi) is 7.84. The van der Waals surface area contributed by atoms with Gasteiger partial charge in [0.2, 0.25) is 5.91 Å². The van der Waals surface area contributed by atoms with Crippen molar-refractivity contribution in [3.8, 4) is 0 Å². The number of nitrogens with one attached hydrogen (secondary N) is 2. The molecule has 0 bridgehead atoms. The average molecular weight is 454 g/mol. The number of likely N-dealkylation sites (tertiary alicyclic amines) is 1. The van der Waals surface area contributed by atoms with Gasteiger partial charge in [0.05, 0.1) is 0 Å². The second kappa shape index (κ2) is 10.6. The minimum atomic E-state index is -0.478. The molecular formula is C26H32FN3O3. The number of amides is 3. The van der Waals surface area contributed by atoms with Crippen molar-refractivity contribution in [3.05, 3.63) is 71.0 Å². The zero-order valence-corrected chi connectivity index (χ0v) is 19.5. The van der Waals surface area contributed by atoms with Crippen molar-refractivity contribution in [2.24, 2.45) is 0 Å². The number of benzene rings is 2. The van der Waals surface area contributed by atoms with Gasteiger partial charge in [0.15, 0.2) is 0 Å². The van der Waals surface area contributed by atoms with Gasteiger partial charge in [0.1, 0.15) is 11.9 Å². The number of halogens is 1. The van der Waals surface area contributed by atoms with E-state index in [1.54, 1.807) is 4.90 Å². The van der Waals surface area contributed by atoms with E-state index in [2.05, 4.69) is 31.4 Å². The van der Waals surface area contributed by atoms with Crippen molar-refractivity contribution in [1.29, 1.82) is 0 Å². The van der Waals surface area contributed by atoms with Gasteiger partial charge in [-0.05, 0) is 66.6 Å². The monoisotopic (exact) mass is 453 g/mol. The van der Waals surface area contributed by atoms with Gasteiger partial charge in [-0.3, -0.25) is 14.4 Å². The van der Waals surface area contributed by atoms with E-state index < -0.39 is 11.9 Å². The van der Waals surface area contributed by atoms with E-state index in [1.165, 1.54) is 24.3 Å². The molecule has 0 aromatic heterocycles. The van der Waals surface area contributed by atoms with E-state index in [4.69, 9.17) is 0 Å². The van der Waals surface area contributed by atoms with Crippen LogP contribution in [0.4, 0.5) is 4.39 Å². The topological polar surface area (TPSA) is 78.5 Å². The molecule has 1 aliphatic heterocycles. The fourth-order valence-electron chi connectivity index (χ4n) is 3.88. The van der Waals surface area contributed by atoms with Crippen molar-refractivity contribution in [2.75, 3.05) is 19.6 Å².